The molecule has 1 saturated heterocycles. The van der Waals surface area contributed by atoms with E-state index < -0.39 is 23.7 Å². The number of hydrogen-bond donors (Lipinski definition) is 3. The van der Waals surface area contributed by atoms with Crippen molar-refractivity contribution in [1.29, 1.82) is 0 Å². The van der Waals surface area contributed by atoms with E-state index in [0.29, 0.717) is 33.7 Å². The smallest absolute Gasteiger partial charge is 0.335 e. The van der Waals surface area contributed by atoms with Gasteiger partial charge in [0.1, 0.15) is 17.3 Å². The van der Waals surface area contributed by atoms with E-state index in [1.165, 1.54) is 30.2 Å². The zero-order valence-electron chi connectivity index (χ0n) is 22.3. The Kier molecular flexibility index (Phi) is 6.76. The number of carbonyl (C=O) groups is 3. The van der Waals surface area contributed by atoms with Gasteiger partial charge in [0, 0.05) is 5.56 Å². The van der Waals surface area contributed by atoms with Crippen LogP contribution in [0.25, 0.3) is 16.8 Å². The number of Topliss-reactive ketones (excluding diaryl/α,β-unsaturated/α-hetero) is 1. The molecular formula is C30H27N3O7. The number of carbonyl (C=O) groups excluding carboxylic acids is 2. The van der Waals surface area contributed by atoms with E-state index in [0.717, 1.165) is 5.56 Å². The highest BCUT2D eigenvalue weighted by molar-refractivity contribution is 6.51. The lowest BCUT2D eigenvalue weighted by atomic mass is 9.95. The van der Waals surface area contributed by atoms with Gasteiger partial charge in [0.05, 0.1) is 41.4 Å². The lowest BCUT2D eigenvalue weighted by Gasteiger charge is -2.23. The molecule has 1 aromatic heterocycles. The molecule has 2 heterocycles. The topological polar surface area (TPSA) is 142 Å². The minimum atomic E-state index is -1.11. The first kappa shape index (κ1) is 26.5. The zero-order valence-corrected chi connectivity index (χ0v) is 22.3. The van der Waals surface area contributed by atoms with Crippen molar-refractivity contribution >= 4 is 40.4 Å². The average Bonchev–Trinajstić information content (AvgIpc) is 3.46. The third-order valence-electron chi connectivity index (χ3n) is 6.63. The molecule has 1 amide bonds. The number of aryl methyl sites for hydroxylation is 1. The van der Waals surface area contributed by atoms with Crippen LogP contribution >= 0.6 is 0 Å². The Balaban J connectivity index is 1.67. The van der Waals surface area contributed by atoms with Crippen molar-refractivity contribution in [2.75, 3.05) is 12.0 Å². The van der Waals surface area contributed by atoms with Crippen LogP contribution in [0.15, 0.2) is 66.2 Å². The second-order valence-electron chi connectivity index (χ2n) is 9.69. The van der Waals surface area contributed by atoms with Crippen LogP contribution in [0.3, 0.4) is 0 Å². The standard InChI is InChI=1S/C30H27N3O7/c1-15(2)40-23-12-8-18(13-16(23)3)26(34)24-25(17-5-9-20(39-4)10-6-17)33(28(36)27(24)35)30-31-21-11-7-19(29(37)38)14-22(21)32-30/h5-15,25,34H,1-4H3,(H,31,32)(H,37,38)/b26-24+. The number of carboxylic acid groups (broad SMARTS) is 1. The van der Waals surface area contributed by atoms with E-state index in [-0.39, 0.29) is 28.9 Å². The number of anilines is 1. The summed E-state index contributed by atoms with van der Waals surface area (Å²) in [6.07, 6.45) is -0.0473. The number of ether oxygens (including phenoxy) is 2. The number of hydrogen-bond acceptors (Lipinski definition) is 7. The average molecular weight is 542 g/mol. The van der Waals surface area contributed by atoms with Gasteiger partial charge < -0.3 is 24.7 Å². The van der Waals surface area contributed by atoms with Crippen molar-refractivity contribution in [3.05, 3.63) is 88.5 Å². The first-order valence-corrected chi connectivity index (χ1v) is 12.5. The van der Waals surface area contributed by atoms with Gasteiger partial charge >= 0.3 is 11.9 Å². The second-order valence-corrected chi connectivity index (χ2v) is 9.69. The van der Waals surface area contributed by atoms with Gasteiger partial charge in [0.2, 0.25) is 5.95 Å². The van der Waals surface area contributed by atoms with Gasteiger partial charge in [-0.2, -0.15) is 0 Å². The summed E-state index contributed by atoms with van der Waals surface area (Å²) in [5.41, 5.74) is 2.34. The molecule has 1 unspecified atom stereocenters. The second kappa shape index (κ2) is 10.2. The number of nitrogens with one attached hydrogen (secondary N) is 1. The number of aromatic amines is 1. The van der Waals surface area contributed by atoms with Crippen molar-refractivity contribution < 1.29 is 34.1 Å². The molecule has 1 fully saturated rings. The number of nitrogens with zero attached hydrogens (tertiary/aromatic N) is 2. The van der Waals surface area contributed by atoms with E-state index in [2.05, 4.69) is 9.97 Å². The molecule has 1 aliphatic rings. The fourth-order valence-electron chi connectivity index (χ4n) is 4.73. The summed E-state index contributed by atoms with van der Waals surface area (Å²) in [6, 6.07) is 15.1. The summed E-state index contributed by atoms with van der Waals surface area (Å²) in [4.78, 5) is 47.0. The summed E-state index contributed by atoms with van der Waals surface area (Å²) in [5, 5.41) is 20.8. The largest absolute Gasteiger partial charge is 0.507 e. The quantitative estimate of drug-likeness (QED) is 0.169. The molecular weight excluding hydrogens is 514 g/mol. The van der Waals surface area contributed by atoms with Crippen LogP contribution in [-0.2, 0) is 9.59 Å². The maximum absolute atomic E-state index is 13.5. The van der Waals surface area contributed by atoms with Crippen LogP contribution < -0.4 is 14.4 Å². The number of methoxy groups -OCH3 is 1. The highest BCUT2D eigenvalue weighted by Gasteiger charge is 2.48. The van der Waals surface area contributed by atoms with Crippen molar-refractivity contribution in [1.82, 2.24) is 9.97 Å². The maximum atomic E-state index is 13.5. The van der Waals surface area contributed by atoms with Gasteiger partial charge in [-0.3, -0.25) is 14.5 Å². The van der Waals surface area contributed by atoms with Crippen molar-refractivity contribution in [3.63, 3.8) is 0 Å². The van der Waals surface area contributed by atoms with Gasteiger partial charge in [0.15, 0.2) is 0 Å². The van der Waals surface area contributed by atoms with Crippen LogP contribution in [0.2, 0.25) is 0 Å². The molecule has 40 heavy (non-hydrogen) atoms. The molecule has 10 nitrogen and oxygen atoms in total. The minimum Gasteiger partial charge on any atom is -0.507 e. The maximum Gasteiger partial charge on any atom is 0.335 e. The first-order valence-electron chi connectivity index (χ1n) is 12.5. The Morgan fingerprint density at radius 2 is 1.70 bits per heavy atom. The fraction of sp³-hybridized carbons (Fsp3) is 0.200. The molecule has 3 aromatic carbocycles. The molecule has 0 radical (unpaired) electrons. The number of aliphatic hydroxyl groups excluding tert-OH is 1. The number of aliphatic hydroxyl groups is 1. The van der Waals surface area contributed by atoms with E-state index in [1.54, 1.807) is 42.5 Å². The number of ketones is 1. The monoisotopic (exact) mass is 541 g/mol. The Morgan fingerprint density at radius 3 is 2.33 bits per heavy atom. The number of carboxylic acids is 1. The van der Waals surface area contributed by atoms with E-state index >= 15 is 0 Å². The zero-order chi connectivity index (χ0) is 28.7. The number of aromatic nitrogens is 2. The number of H-pyrrole nitrogens is 1. The Hall–Kier alpha value is -5.12. The number of fused-ring (bicyclic) bond motifs is 1. The van der Waals surface area contributed by atoms with Gasteiger partial charge in [-0.25, -0.2) is 9.78 Å². The van der Waals surface area contributed by atoms with Gasteiger partial charge in [-0.1, -0.05) is 12.1 Å². The van der Waals surface area contributed by atoms with Crippen molar-refractivity contribution in [2.45, 2.75) is 32.9 Å². The molecule has 1 atom stereocenters. The molecule has 0 spiro atoms. The number of rotatable bonds is 7. The highest BCUT2D eigenvalue weighted by Crippen LogP contribution is 2.42. The molecule has 4 aromatic rings. The number of benzene rings is 3. The SMILES string of the molecule is COc1ccc(C2/C(=C(\O)c3ccc(OC(C)C)c(C)c3)C(=O)C(=O)N2c2nc3ccc(C(=O)O)cc3[nH]2)cc1. The lowest BCUT2D eigenvalue weighted by Crippen LogP contribution is -2.30. The molecule has 10 heteroatoms. The van der Waals surface area contributed by atoms with E-state index in [4.69, 9.17) is 9.47 Å². The summed E-state index contributed by atoms with van der Waals surface area (Å²) < 4.78 is 11.1. The number of aromatic carboxylic acids is 1. The van der Waals surface area contributed by atoms with E-state index in [1.807, 2.05) is 20.8 Å². The van der Waals surface area contributed by atoms with Crippen LogP contribution in [0.4, 0.5) is 5.95 Å². The minimum absolute atomic E-state index is 0.0383. The summed E-state index contributed by atoms with van der Waals surface area (Å²) in [7, 11) is 1.52. The molecule has 0 aliphatic carbocycles. The summed E-state index contributed by atoms with van der Waals surface area (Å²) >= 11 is 0. The third-order valence-corrected chi connectivity index (χ3v) is 6.63. The summed E-state index contributed by atoms with van der Waals surface area (Å²) in [6.45, 7) is 5.64. The number of amides is 1. The Morgan fingerprint density at radius 1 is 1.00 bits per heavy atom. The van der Waals surface area contributed by atoms with Gasteiger partial charge in [-0.15, -0.1) is 0 Å². The molecule has 5 rings (SSSR count). The highest BCUT2D eigenvalue weighted by atomic mass is 16.5. The van der Waals surface area contributed by atoms with Crippen LogP contribution in [0.1, 0.15) is 46.9 Å². The summed E-state index contributed by atoms with van der Waals surface area (Å²) in [5.74, 6) is -1.98. The normalized spacial score (nSPS) is 16.6. The predicted octanol–water partition coefficient (Wildman–Crippen LogP) is 4.99. The number of imidazole rings is 1. The van der Waals surface area contributed by atoms with Crippen molar-refractivity contribution in [2.24, 2.45) is 0 Å². The molecule has 3 N–H and O–H groups in total. The molecule has 1 aliphatic heterocycles. The lowest BCUT2D eigenvalue weighted by molar-refractivity contribution is -0.132. The van der Waals surface area contributed by atoms with E-state index in [9.17, 15) is 24.6 Å². The van der Waals surface area contributed by atoms with Gasteiger partial charge in [-0.05, 0) is 80.4 Å². The Labute approximate surface area is 229 Å². The van der Waals surface area contributed by atoms with Crippen LogP contribution in [0.5, 0.6) is 11.5 Å². The first-order chi connectivity index (χ1) is 19.1. The fourth-order valence-corrected chi connectivity index (χ4v) is 4.73. The molecule has 0 saturated carbocycles. The van der Waals surface area contributed by atoms with Gasteiger partial charge in [0.25, 0.3) is 5.78 Å². The molecule has 0 bridgehead atoms. The predicted molar refractivity (Wildman–Crippen MR) is 148 cm³/mol. The van der Waals surface area contributed by atoms with Crippen LogP contribution in [0, 0.1) is 6.92 Å². The molecule has 204 valence electrons. The van der Waals surface area contributed by atoms with Crippen LogP contribution in [-0.4, -0.2) is 51.1 Å². The van der Waals surface area contributed by atoms with Crippen molar-refractivity contribution in [3.8, 4) is 11.5 Å². The Bertz CT molecular complexity index is 1690. The third kappa shape index (κ3) is 4.64.